The summed E-state index contributed by atoms with van der Waals surface area (Å²) in [6.07, 6.45) is -0.205. The predicted molar refractivity (Wildman–Crippen MR) is 101 cm³/mol. The van der Waals surface area contributed by atoms with Crippen LogP contribution in [0.4, 0.5) is 18.9 Å². The van der Waals surface area contributed by atoms with E-state index in [1.807, 2.05) is 5.32 Å². The van der Waals surface area contributed by atoms with Crippen LogP contribution >= 0.6 is 0 Å². The van der Waals surface area contributed by atoms with Gasteiger partial charge >= 0.3 is 12.1 Å². The van der Waals surface area contributed by atoms with Crippen molar-refractivity contribution in [3.8, 4) is 0 Å². The maximum absolute atomic E-state index is 12.3. The van der Waals surface area contributed by atoms with Crippen molar-refractivity contribution in [3.05, 3.63) is 41.2 Å². The summed E-state index contributed by atoms with van der Waals surface area (Å²) in [5.41, 5.74) is 5.44. The number of quaternary nitrogens is 1. The van der Waals surface area contributed by atoms with Gasteiger partial charge in [0.1, 0.15) is 6.54 Å². The maximum atomic E-state index is 12.3. The maximum Gasteiger partial charge on any atom is 0.405 e. The summed E-state index contributed by atoms with van der Waals surface area (Å²) in [6, 6.07) is 4.71. The van der Waals surface area contributed by atoms with Crippen LogP contribution in [-0.4, -0.2) is 49.3 Å². The van der Waals surface area contributed by atoms with Crippen molar-refractivity contribution >= 4 is 17.5 Å². The normalized spacial score (nSPS) is 14.5. The third kappa shape index (κ3) is 7.39. The average Bonchev–Trinajstić information content (AvgIpc) is 3.47. The second-order valence-electron chi connectivity index (χ2n) is 6.98. The molecule has 1 aromatic carbocycles. The number of aryl methyl sites for hydroxylation is 1. The first kappa shape index (κ1) is 22.7. The number of rotatable bonds is 9. The minimum Gasteiger partial charge on any atom is -0.396 e. The van der Waals surface area contributed by atoms with E-state index < -0.39 is 18.6 Å². The Hall–Kier alpha value is -2.59. The second kappa shape index (κ2) is 9.75. The monoisotopic (exact) mass is 415 g/mol. The highest BCUT2D eigenvalue weighted by Gasteiger charge is 2.28. The fraction of sp³-hybridized carbons (Fsp3) is 0.474. The molecule has 29 heavy (non-hydrogen) atoms. The van der Waals surface area contributed by atoms with Gasteiger partial charge in [-0.15, -0.1) is 0 Å². The van der Waals surface area contributed by atoms with E-state index in [0.717, 1.165) is 12.8 Å². The summed E-state index contributed by atoms with van der Waals surface area (Å²) in [7, 11) is 1.71. The van der Waals surface area contributed by atoms with E-state index in [1.54, 1.807) is 24.2 Å². The first-order valence-electron chi connectivity index (χ1n) is 9.27. The van der Waals surface area contributed by atoms with Gasteiger partial charge in [0.15, 0.2) is 0 Å². The SMILES string of the molecule is CN(C=C([NH3+])C(=O)NC1CC1)c1ccc(C(=O)NCC(F)(F)F)cc1CCCO. The van der Waals surface area contributed by atoms with Gasteiger partial charge < -0.3 is 26.4 Å². The molecule has 1 fully saturated rings. The van der Waals surface area contributed by atoms with Crippen molar-refractivity contribution in [1.29, 1.82) is 0 Å². The zero-order valence-electron chi connectivity index (χ0n) is 16.2. The van der Waals surface area contributed by atoms with Crippen LogP contribution in [0.3, 0.4) is 0 Å². The molecule has 0 spiro atoms. The molecule has 0 unspecified atom stereocenters. The molecule has 1 saturated carbocycles. The van der Waals surface area contributed by atoms with Gasteiger partial charge in [-0.25, -0.2) is 0 Å². The van der Waals surface area contributed by atoms with Crippen LogP contribution in [0, 0.1) is 0 Å². The molecule has 1 aromatic rings. The molecule has 10 heteroatoms. The molecule has 2 rings (SSSR count). The highest BCUT2D eigenvalue weighted by molar-refractivity contribution is 5.95. The fourth-order valence-corrected chi connectivity index (χ4v) is 2.69. The molecule has 1 aliphatic rings. The molecule has 0 heterocycles. The second-order valence-corrected chi connectivity index (χ2v) is 6.98. The Balaban J connectivity index is 2.18. The standard InChI is InChI=1S/C19H25F3N4O3/c1-26(10-15(23)18(29)25-14-5-6-14)16-7-4-13(9-12(16)3-2-8-27)17(28)24-11-19(20,21)22/h4,7,9-10,14,27H,2-3,5-6,8,11,23H2,1H3,(H,24,28)(H,25,29)/p+1. The van der Waals surface area contributed by atoms with Crippen LogP contribution in [0.15, 0.2) is 30.1 Å². The Morgan fingerprint density at radius 2 is 2.03 bits per heavy atom. The number of alkyl halides is 3. The number of benzene rings is 1. The number of nitrogens with one attached hydrogen (secondary N) is 2. The highest BCUT2D eigenvalue weighted by atomic mass is 19.4. The quantitative estimate of drug-likeness (QED) is 0.445. The number of carbonyl (C=O) groups is 2. The Kier molecular flexibility index (Phi) is 7.63. The van der Waals surface area contributed by atoms with Crippen molar-refractivity contribution in [2.24, 2.45) is 0 Å². The van der Waals surface area contributed by atoms with E-state index in [4.69, 9.17) is 5.11 Å². The Morgan fingerprint density at radius 3 is 2.62 bits per heavy atom. The number of nitrogens with zero attached hydrogens (tertiary/aromatic N) is 1. The molecule has 0 radical (unpaired) electrons. The van der Waals surface area contributed by atoms with Gasteiger partial charge in [0.25, 0.3) is 5.91 Å². The van der Waals surface area contributed by atoms with Crippen molar-refractivity contribution < 1.29 is 33.6 Å². The van der Waals surface area contributed by atoms with Crippen LogP contribution in [0.1, 0.15) is 35.2 Å². The van der Waals surface area contributed by atoms with Gasteiger partial charge in [-0.2, -0.15) is 13.2 Å². The molecule has 2 amide bonds. The zero-order valence-corrected chi connectivity index (χ0v) is 16.2. The summed E-state index contributed by atoms with van der Waals surface area (Å²) < 4.78 is 37.0. The topological polar surface area (TPSA) is 109 Å². The molecular weight excluding hydrogens is 389 g/mol. The number of hydrogen-bond donors (Lipinski definition) is 4. The van der Waals surface area contributed by atoms with Crippen LogP contribution in [0.25, 0.3) is 0 Å². The zero-order chi connectivity index (χ0) is 21.6. The minimum atomic E-state index is -4.49. The number of anilines is 1. The summed E-state index contributed by atoms with van der Waals surface area (Å²) in [5, 5.41) is 13.8. The smallest absolute Gasteiger partial charge is 0.396 e. The van der Waals surface area contributed by atoms with Crippen LogP contribution in [-0.2, 0) is 11.2 Å². The largest absolute Gasteiger partial charge is 0.405 e. The van der Waals surface area contributed by atoms with Gasteiger partial charge in [0.05, 0.1) is 6.20 Å². The van der Waals surface area contributed by atoms with Crippen LogP contribution in [0.2, 0.25) is 0 Å². The number of amides is 2. The highest BCUT2D eigenvalue weighted by Crippen LogP contribution is 2.24. The van der Waals surface area contributed by atoms with Gasteiger partial charge in [0, 0.05) is 30.9 Å². The van der Waals surface area contributed by atoms with E-state index in [0.29, 0.717) is 24.1 Å². The number of halogens is 3. The summed E-state index contributed by atoms with van der Waals surface area (Å²) in [5.74, 6) is -1.10. The minimum absolute atomic E-state index is 0.0755. The molecule has 6 N–H and O–H groups in total. The van der Waals surface area contributed by atoms with Crippen LogP contribution in [0.5, 0.6) is 0 Å². The molecule has 1 aliphatic carbocycles. The number of hydrogen-bond acceptors (Lipinski definition) is 4. The van der Waals surface area contributed by atoms with Crippen molar-refractivity contribution in [3.63, 3.8) is 0 Å². The summed E-state index contributed by atoms with van der Waals surface area (Å²) in [6.45, 7) is -1.49. The number of aliphatic hydroxyl groups excluding tert-OH is 1. The lowest BCUT2D eigenvalue weighted by Crippen LogP contribution is -2.55. The van der Waals surface area contributed by atoms with Gasteiger partial charge in [-0.05, 0) is 49.4 Å². The number of carbonyl (C=O) groups excluding carboxylic acids is 2. The Bertz CT molecular complexity index is 776. The number of aliphatic hydroxyl groups is 1. The van der Waals surface area contributed by atoms with Crippen LogP contribution < -0.4 is 21.3 Å². The van der Waals surface area contributed by atoms with Gasteiger partial charge in [-0.3, -0.25) is 9.59 Å². The summed E-state index contributed by atoms with van der Waals surface area (Å²) in [4.78, 5) is 25.8. The van der Waals surface area contributed by atoms with Gasteiger partial charge in [0.2, 0.25) is 5.70 Å². The van der Waals surface area contributed by atoms with E-state index in [-0.39, 0.29) is 29.8 Å². The first-order valence-corrected chi connectivity index (χ1v) is 9.27. The lowest BCUT2D eigenvalue weighted by atomic mass is 10.0. The Labute approximate surface area is 166 Å². The molecule has 7 nitrogen and oxygen atoms in total. The summed E-state index contributed by atoms with van der Waals surface area (Å²) >= 11 is 0. The molecule has 0 bridgehead atoms. The first-order chi connectivity index (χ1) is 13.6. The van der Waals surface area contributed by atoms with E-state index in [1.165, 1.54) is 12.1 Å². The average molecular weight is 415 g/mol. The van der Waals surface area contributed by atoms with Crippen molar-refractivity contribution in [1.82, 2.24) is 10.6 Å². The van der Waals surface area contributed by atoms with Gasteiger partial charge in [-0.1, -0.05) is 0 Å². The van der Waals surface area contributed by atoms with E-state index in [2.05, 4.69) is 11.1 Å². The third-order valence-electron chi connectivity index (χ3n) is 4.33. The van der Waals surface area contributed by atoms with Crippen molar-refractivity contribution in [2.45, 2.75) is 37.9 Å². The molecule has 0 aliphatic heterocycles. The molecule has 0 atom stereocenters. The van der Waals surface area contributed by atoms with E-state index in [9.17, 15) is 22.8 Å². The molecule has 160 valence electrons. The molecular formula is C19H26F3N4O3+. The third-order valence-corrected chi connectivity index (χ3v) is 4.33. The lowest BCUT2D eigenvalue weighted by molar-refractivity contribution is -0.299. The van der Waals surface area contributed by atoms with E-state index >= 15 is 0 Å². The van der Waals surface area contributed by atoms with Crippen molar-refractivity contribution in [2.75, 3.05) is 25.1 Å². The Morgan fingerprint density at radius 1 is 1.34 bits per heavy atom. The lowest BCUT2D eigenvalue weighted by Gasteiger charge is -2.20. The predicted octanol–water partition coefficient (Wildman–Crippen LogP) is 0.702. The molecule has 0 saturated heterocycles. The fourth-order valence-electron chi connectivity index (χ4n) is 2.69. The molecule has 0 aromatic heterocycles.